The molecule has 4 N–H and O–H groups in total. The highest BCUT2D eigenvalue weighted by molar-refractivity contribution is 5.82. The molecule has 1 rings (SSSR count). The predicted octanol–water partition coefficient (Wildman–Crippen LogP) is 0.637. The van der Waals surface area contributed by atoms with E-state index in [4.69, 9.17) is 10.8 Å². The van der Waals surface area contributed by atoms with Crippen LogP contribution in [0.1, 0.15) is 39.5 Å². The molecule has 1 amide bonds. The Morgan fingerprint density at radius 1 is 1.56 bits per heavy atom. The van der Waals surface area contributed by atoms with E-state index in [-0.39, 0.29) is 30.4 Å². The molecule has 4 heteroatoms. The minimum absolute atomic E-state index is 0.0697. The third-order valence-corrected chi connectivity index (χ3v) is 3.78. The zero-order chi connectivity index (χ0) is 12.1. The SMILES string of the molecule is CCC(C)C(N)C(=O)NC1CCCC1CO. The Kier molecular flexibility index (Phi) is 5.22. The number of hydrogen-bond donors (Lipinski definition) is 3. The zero-order valence-electron chi connectivity index (χ0n) is 10.3. The van der Waals surface area contributed by atoms with Crippen molar-refractivity contribution in [3.05, 3.63) is 0 Å². The average Bonchev–Trinajstić information content (AvgIpc) is 2.74. The van der Waals surface area contributed by atoms with E-state index >= 15 is 0 Å². The summed E-state index contributed by atoms with van der Waals surface area (Å²) in [5, 5.41) is 12.1. The molecule has 1 fully saturated rings. The largest absolute Gasteiger partial charge is 0.396 e. The van der Waals surface area contributed by atoms with Gasteiger partial charge in [-0.1, -0.05) is 26.7 Å². The van der Waals surface area contributed by atoms with Gasteiger partial charge < -0.3 is 16.2 Å². The van der Waals surface area contributed by atoms with Crippen LogP contribution in [-0.2, 0) is 4.79 Å². The number of aliphatic hydroxyl groups excluding tert-OH is 1. The second-order valence-corrected chi connectivity index (χ2v) is 4.90. The summed E-state index contributed by atoms with van der Waals surface area (Å²) in [4.78, 5) is 11.8. The van der Waals surface area contributed by atoms with Crippen LogP contribution in [0.25, 0.3) is 0 Å². The lowest BCUT2D eigenvalue weighted by Crippen LogP contribution is -2.49. The second-order valence-electron chi connectivity index (χ2n) is 4.90. The molecule has 0 aromatic carbocycles. The molecule has 1 aliphatic carbocycles. The van der Waals surface area contributed by atoms with Crippen LogP contribution in [0, 0.1) is 11.8 Å². The first-order valence-corrected chi connectivity index (χ1v) is 6.27. The van der Waals surface area contributed by atoms with Crippen LogP contribution in [0.15, 0.2) is 0 Å². The van der Waals surface area contributed by atoms with Crippen molar-refractivity contribution in [1.82, 2.24) is 5.32 Å². The van der Waals surface area contributed by atoms with Gasteiger partial charge in [-0.05, 0) is 18.8 Å². The molecule has 16 heavy (non-hydrogen) atoms. The summed E-state index contributed by atoms with van der Waals surface area (Å²) in [7, 11) is 0. The molecule has 1 saturated carbocycles. The maximum absolute atomic E-state index is 11.8. The van der Waals surface area contributed by atoms with Crippen molar-refractivity contribution < 1.29 is 9.90 Å². The van der Waals surface area contributed by atoms with E-state index in [1.807, 2.05) is 13.8 Å². The number of aliphatic hydroxyl groups is 1. The fourth-order valence-corrected chi connectivity index (χ4v) is 2.24. The molecule has 94 valence electrons. The predicted molar refractivity (Wildman–Crippen MR) is 63.8 cm³/mol. The first kappa shape index (κ1) is 13.5. The van der Waals surface area contributed by atoms with E-state index in [1.165, 1.54) is 0 Å². The van der Waals surface area contributed by atoms with Gasteiger partial charge in [0.1, 0.15) is 0 Å². The van der Waals surface area contributed by atoms with E-state index in [9.17, 15) is 4.79 Å². The molecule has 0 heterocycles. The quantitative estimate of drug-likeness (QED) is 0.646. The fraction of sp³-hybridized carbons (Fsp3) is 0.917. The van der Waals surface area contributed by atoms with Crippen molar-refractivity contribution in [2.45, 2.75) is 51.6 Å². The number of carbonyl (C=O) groups is 1. The highest BCUT2D eigenvalue weighted by atomic mass is 16.3. The second kappa shape index (κ2) is 6.21. The molecular formula is C12H24N2O2. The van der Waals surface area contributed by atoms with Gasteiger partial charge in [-0.15, -0.1) is 0 Å². The zero-order valence-corrected chi connectivity index (χ0v) is 10.3. The van der Waals surface area contributed by atoms with Gasteiger partial charge in [0.15, 0.2) is 0 Å². The maximum atomic E-state index is 11.8. The normalized spacial score (nSPS) is 28.8. The molecular weight excluding hydrogens is 204 g/mol. The summed E-state index contributed by atoms with van der Waals surface area (Å²) in [6.07, 6.45) is 3.95. The Morgan fingerprint density at radius 2 is 2.25 bits per heavy atom. The Hall–Kier alpha value is -0.610. The Morgan fingerprint density at radius 3 is 2.81 bits per heavy atom. The van der Waals surface area contributed by atoms with E-state index in [1.54, 1.807) is 0 Å². The summed E-state index contributed by atoms with van der Waals surface area (Å²) in [6, 6.07) is -0.308. The van der Waals surface area contributed by atoms with Crippen molar-refractivity contribution in [3.63, 3.8) is 0 Å². The molecule has 1 aliphatic rings. The van der Waals surface area contributed by atoms with Crippen molar-refractivity contribution in [3.8, 4) is 0 Å². The summed E-state index contributed by atoms with van der Waals surface area (Å²) < 4.78 is 0. The van der Waals surface area contributed by atoms with Crippen LogP contribution >= 0.6 is 0 Å². The fourth-order valence-electron chi connectivity index (χ4n) is 2.24. The van der Waals surface area contributed by atoms with Gasteiger partial charge in [0.2, 0.25) is 5.91 Å². The topological polar surface area (TPSA) is 75.4 Å². The van der Waals surface area contributed by atoms with E-state index in [2.05, 4.69) is 5.32 Å². The minimum atomic E-state index is -0.426. The van der Waals surface area contributed by atoms with Crippen LogP contribution in [-0.4, -0.2) is 29.7 Å². The summed E-state index contributed by atoms with van der Waals surface area (Å²) in [6.45, 7) is 4.18. The lowest BCUT2D eigenvalue weighted by atomic mass is 9.98. The first-order chi connectivity index (χ1) is 7.60. The standard InChI is InChI=1S/C12H24N2O2/c1-3-8(2)11(13)12(16)14-10-6-4-5-9(10)7-15/h8-11,15H,3-7,13H2,1-2H3,(H,14,16). The molecule has 0 saturated heterocycles. The van der Waals surface area contributed by atoms with Crippen LogP contribution in [0.4, 0.5) is 0 Å². The van der Waals surface area contributed by atoms with Gasteiger partial charge in [0, 0.05) is 18.6 Å². The van der Waals surface area contributed by atoms with Gasteiger partial charge in [-0.3, -0.25) is 4.79 Å². The summed E-state index contributed by atoms with van der Waals surface area (Å²) in [5.41, 5.74) is 5.86. The molecule has 0 aliphatic heterocycles. The molecule has 0 bridgehead atoms. The maximum Gasteiger partial charge on any atom is 0.237 e. The lowest BCUT2D eigenvalue weighted by Gasteiger charge is -2.23. The Labute approximate surface area is 97.6 Å². The number of nitrogens with one attached hydrogen (secondary N) is 1. The smallest absolute Gasteiger partial charge is 0.237 e. The van der Waals surface area contributed by atoms with E-state index < -0.39 is 6.04 Å². The summed E-state index contributed by atoms with van der Waals surface area (Å²) >= 11 is 0. The van der Waals surface area contributed by atoms with E-state index in [0.29, 0.717) is 0 Å². The molecule has 0 aromatic heterocycles. The number of rotatable bonds is 5. The van der Waals surface area contributed by atoms with Crippen molar-refractivity contribution in [2.24, 2.45) is 17.6 Å². The molecule has 0 radical (unpaired) electrons. The Bertz CT molecular complexity index is 233. The molecule has 0 aromatic rings. The Balaban J connectivity index is 2.44. The van der Waals surface area contributed by atoms with Crippen molar-refractivity contribution in [2.75, 3.05) is 6.61 Å². The van der Waals surface area contributed by atoms with Crippen LogP contribution in [0.3, 0.4) is 0 Å². The molecule has 0 spiro atoms. The van der Waals surface area contributed by atoms with Crippen LogP contribution < -0.4 is 11.1 Å². The molecule has 4 atom stereocenters. The first-order valence-electron chi connectivity index (χ1n) is 6.27. The van der Waals surface area contributed by atoms with Crippen molar-refractivity contribution >= 4 is 5.91 Å². The monoisotopic (exact) mass is 228 g/mol. The van der Waals surface area contributed by atoms with Gasteiger partial charge in [-0.25, -0.2) is 0 Å². The van der Waals surface area contributed by atoms with E-state index in [0.717, 1.165) is 25.7 Å². The minimum Gasteiger partial charge on any atom is -0.396 e. The molecule has 4 nitrogen and oxygen atoms in total. The lowest BCUT2D eigenvalue weighted by molar-refractivity contribution is -0.124. The van der Waals surface area contributed by atoms with Crippen LogP contribution in [0.5, 0.6) is 0 Å². The number of carbonyl (C=O) groups excluding carboxylic acids is 1. The molecule has 4 unspecified atom stereocenters. The number of amides is 1. The number of hydrogen-bond acceptors (Lipinski definition) is 3. The highest BCUT2D eigenvalue weighted by Crippen LogP contribution is 2.25. The average molecular weight is 228 g/mol. The van der Waals surface area contributed by atoms with Gasteiger partial charge in [0.25, 0.3) is 0 Å². The van der Waals surface area contributed by atoms with Gasteiger partial charge >= 0.3 is 0 Å². The highest BCUT2D eigenvalue weighted by Gasteiger charge is 2.30. The van der Waals surface area contributed by atoms with Gasteiger partial charge in [0.05, 0.1) is 6.04 Å². The number of nitrogens with two attached hydrogens (primary N) is 1. The van der Waals surface area contributed by atoms with Crippen molar-refractivity contribution in [1.29, 1.82) is 0 Å². The summed E-state index contributed by atoms with van der Waals surface area (Å²) in [5.74, 6) is 0.349. The van der Waals surface area contributed by atoms with Crippen LogP contribution in [0.2, 0.25) is 0 Å². The third kappa shape index (κ3) is 3.19. The third-order valence-electron chi connectivity index (χ3n) is 3.78. The van der Waals surface area contributed by atoms with Gasteiger partial charge in [-0.2, -0.15) is 0 Å².